The smallest absolute Gasteiger partial charge is 0.332 e. The van der Waals surface area contributed by atoms with Crippen molar-refractivity contribution in [3.63, 3.8) is 0 Å². The van der Waals surface area contributed by atoms with Crippen molar-refractivity contribution in [2.45, 2.75) is 20.3 Å². The van der Waals surface area contributed by atoms with Gasteiger partial charge in [0.15, 0.2) is 0 Å². The second-order valence-corrected chi connectivity index (χ2v) is 4.63. The Bertz CT molecular complexity index is 685. The molecule has 2 rings (SSSR count). The summed E-state index contributed by atoms with van der Waals surface area (Å²) in [4.78, 5) is 18.1. The lowest BCUT2D eigenvalue weighted by Gasteiger charge is -2.08. The van der Waals surface area contributed by atoms with Crippen LogP contribution in [-0.2, 0) is 6.42 Å². The average molecular weight is 273 g/mol. The van der Waals surface area contributed by atoms with E-state index in [1.165, 1.54) is 0 Å². The molecule has 0 bridgehead atoms. The maximum absolute atomic E-state index is 11.1. The zero-order valence-corrected chi connectivity index (χ0v) is 11.3. The number of rotatable bonds is 3. The Kier molecular flexibility index (Phi) is 3.51. The van der Waals surface area contributed by atoms with Crippen LogP contribution >= 0.6 is 0 Å². The molecule has 0 atom stereocenters. The van der Waals surface area contributed by atoms with Crippen LogP contribution < -0.4 is 11.5 Å². The highest BCUT2D eigenvalue weighted by atomic mass is 16.6. The summed E-state index contributed by atoms with van der Waals surface area (Å²) in [5, 5.41) is 11.1. The number of nitro groups is 1. The van der Waals surface area contributed by atoms with Crippen LogP contribution in [0.15, 0.2) is 18.2 Å². The van der Waals surface area contributed by atoms with E-state index in [1.54, 1.807) is 0 Å². The number of aromatic nitrogens is 2. The van der Waals surface area contributed by atoms with Crippen molar-refractivity contribution >= 4 is 17.5 Å². The van der Waals surface area contributed by atoms with Crippen LogP contribution in [0.5, 0.6) is 0 Å². The molecule has 0 amide bonds. The normalized spacial score (nSPS) is 10.5. The highest BCUT2D eigenvalue weighted by molar-refractivity contribution is 5.58. The molecule has 2 aromatic rings. The quantitative estimate of drug-likeness (QED) is 0.649. The van der Waals surface area contributed by atoms with E-state index in [4.69, 9.17) is 11.5 Å². The minimum Gasteiger partial charge on any atom is -0.378 e. The first-order chi connectivity index (χ1) is 9.38. The predicted octanol–water partition coefficient (Wildman–Crippen LogP) is 1.76. The number of aryl methyl sites for hydroxylation is 2. The average Bonchev–Trinajstić information content (AvgIpc) is 2.31. The first-order valence-corrected chi connectivity index (χ1v) is 6.01. The maximum atomic E-state index is 11.1. The van der Waals surface area contributed by atoms with Crippen molar-refractivity contribution in [1.82, 2.24) is 9.97 Å². The Morgan fingerprint density at radius 1 is 1.25 bits per heavy atom. The number of nitrogens with zero attached hydrogens (tertiary/aromatic N) is 3. The number of nitrogens with two attached hydrogens (primary N) is 2. The molecule has 20 heavy (non-hydrogen) atoms. The Balaban J connectivity index is 2.50. The molecular formula is C13H15N5O2. The van der Waals surface area contributed by atoms with Gasteiger partial charge < -0.3 is 11.5 Å². The van der Waals surface area contributed by atoms with Crippen molar-refractivity contribution in [2.75, 3.05) is 11.5 Å². The van der Waals surface area contributed by atoms with Crippen LogP contribution in [0.3, 0.4) is 0 Å². The van der Waals surface area contributed by atoms with E-state index in [-0.39, 0.29) is 23.1 Å². The summed E-state index contributed by atoms with van der Waals surface area (Å²) >= 11 is 0. The zero-order valence-electron chi connectivity index (χ0n) is 11.3. The molecular weight excluding hydrogens is 258 g/mol. The third-order valence-electron chi connectivity index (χ3n) is 3.04. The molecule has 7 nitrogen and oxygen atoms in total. The summed E-state index contributed by atoms with van der Waals surface area (Å²) in [7, 11) is 0. The lowest BCUT2D eigenvalue weighted by molar-refractivity contribution is -0.385. The molecule has 0 aliphatic heterocycles. The van der Waals surface area contributed by atoms with E-state index < -0.39 is 4.92 Å². The van der Waals surface area contributed by atoms with E-state index in [2.05, 4.69) is 9.97 Å². The van der Waals surface area contributed by atoms with Gasteiger partial charge in [-0.25, -0.2) is 4.98 Å². The first kappa shape index (κ1) is 13.7. The number of nitrogen functional groups attached to an aromatic ring is 2. The highest BCUT2D eigenvalue weighted by Crippen LogP contribution is 2.26. The topological polar surface area (TPSA) is 121 Å². The Labute approximate surface area is 115 Å². The van der Waals surface area contributed by atoms with Crippen molar-refractivity contribution in [1.29, 1.82) is 0 Å². The largest absolute Gasteiger partial charge is 0.378 e. The summed E-state index contributed by atoms with van der Waals surface area (Å²) in [6.45, 7) is 3.93. The van der Waals surface area contributed by atoms with Gasteiger partial charge in [-0.3, -0.25) is 10.1 Å². The van der Waals surface area contributed by atoms with Gasteiger partial charge >= 0.3 is 5.69 Å². The van der Waals surface area contributed by atoms with Crippen molar-refractivity contribution in [3.05, 3.63) is 50.7 Å². The van der Waals surface area contributed by atoms with E-state index in [0.717, 1.165) is 16.7 Å². The molecule has 0 fully saturated rings. The molecule has 0 unspecified atom stereocenters. The third kappa shape index (κ3) is 2.66. The first-order valence-electron chi connectivity index (χ1n) is 6.01. The highest BCUT2D eigenvalue weighted by Gasteiger charge is 2.22. The van der Waals surface area contributed by atoms with Crippen LogP contribution in [0.1, 0.15) is 22.4 Å². The van der Waals surface area contributed by atoms with Gasteiger partial charge in [-0.1, -0.05) is 23.8 Å². The molecule has 0 saturated heterocycles. The fourth-order valence-electron chi connectivity index (χ4n) is 2.09. The fourth-order valence-corrected chi connectivity index (χ4v) is 2.09. The molecule has 7 heteroatoms. The molecule has 0 aliphatic carbocycles. The number of benzene rings is 1. The summed E-state index contributed by atoms with van der Waals surface area (Å²) in [5.41, 5.74) is 14.1. The van der Waals surface area contributed by atoms with Gasteiger partial charge in [0.1, 0.15) is 5.69 Å². The lowest BCUT2D eigenvalue weighted by Crippen LogP contribution is -2.09. The monoisotopic (exact) mass is 273 g/mol. The van der Waals surface area contributed by atoms with Crippen LogP contribution in [0.2, 0.25) is 0 Å². The van der Waals surface area contributed by atoms with E-state index >= 15 is 0 Å². The maximum Gasteiger partial charge on any atom is 0.332 e. The molecule has 1 aromatic heterocycles. The Hall–Kier alpha value is -2.70. The van der Waals surface area contributed by atoms with E-state index in [1.807, 2.05) is 32.0 Å². The molecule has 0 radical (unpaired) electrons. The van der Waals surface area contributed by atoms with Crippen LogP contribution in [0.25, 0.3) is 0 Å². The molecule has 1 heterocycles. The van der Waals surface area contributed by atoms with Crippen molar-refractivity contribution in [2.24, 2.45) is 0 Å². The summed E-state index contributed by atoms with van der Waals surface area (Å²) in [6, 6.07) is 5.88. The standard InChI is InChI=1S/C13H15N5O2/c1-7-3-4-9(8(2)5-7)6-10-11(18(19)20)12(14)17-13(15)16-10/h3-5H,6H2,1-2H3,(H4,14,15,16,17). The van der Waals surface area contributed by atoms with Crippen LogP contribution in [0, 0.1) is 24.0 Å². The van der Waals surface area contributed by atoms with Gasteiger partial charge in [0.05, 0.1) is 4.92 Å². The molecule has 1 aromatic carbocycles. The van der Waals surface area contributed by atoms with Gasteiger partial charge in [0.25, 0.3) is 0 Å². The second-order valence-electron chi connectivity index (χ2n) is 4.63. The molecule has 0 spiro atoms. The summed E-state index contributed by atoms with van der Waals surface area (Å²) in [6.07, 6.45) is 0.291. The SMILES string of the molecule is Cc1ccc(Cc2nc(N)nc(N)c2[N+](=O)[O-])c(C)c1. The minimum atomic E-state index is -0.576. The van der Waals surface area contributed by atoms with Gasteiger partial charge in [-0.15, -0.1) is 0 Å². The molecule has 0 saturated carbocycles. The van der Waals surface area contributed by atoms with Gasteiger partial charge in [-0.2, -0.15) is 4.98 Å². The Morgan fingerprint density at radius 3 is 2.55 bits per heavy atom. The van der Waals surface area contributed by atoms with Gasteiger partial charge in [0.2, 0.25) is 11.8 Å². The van der Waals surface area contributed by atoms with Gasteiger partial charge in [0, 0.05) is 6.42 Å². The van der Waals surface area contributed by atoms with Crippen LogP contribution in [-0.4, -0.2) is 14.9 Å². The van der Waals surface area contributed by atoms with Crippen molar-refractivity contribution < 1.29 is 4.92 Å². The molecule has 4 N–H and O–H groups in total. The lowest BCUT2D eigenvalue weighted by atomic mass is 10.0. The van der Waals surface area contributed by atoms with E-state index in [9.17, 15) is 10.1 Å². The minimum absolute atomic E-state index is 0.0622. The summed E-state index contributed by atoms with van der Waals surface area (Å²) in [5.74, 6) is -0.268. The van der Waals surface area contributed by atoms with Crippen LogP contribution in [0.4, 0.5) is 17.5 Å². The predicted molar refractivity (Wildman–Crippen MR) is 76.2 cm³/mol. The molecule has 104 valence electrons. The van der Waals surface area contributed by atoms with E-state index in [0.29, 0.717) is 6.42 Å². The second kappa shape index (κ2) is 5.12. The number of hydrogen-bond donors (Lipinski definition) is 2. The third-order valence-corrected chi connectivity index (χ3v) is 3.04. The number of anilines is 2. The zero-order chi connectivity index (χ0) is 14.9. The number of hydrogen-bond acceptors (Lipinski definition) is 6. The summed E-state index contributed by atoms with van der Waals surface area (Å²) < 4.78 is 0. The van der Waals surface area contributed by atoms with Gasteiger partial charge in [-0.05, 0) is 25.0 Å². The van der Waals surface area contributed by atoms with Crippen molar-refractivity contribution in [3.8, 4) is 0 Å². The molecule has 0 aliphatic rings. The fraction of sp³-hybridized carbons (Fsp3) is 0.231. The Morgan fingerprint density at radius 2 is 1.95 bits per heavy atom.